The van der Waals surface area contributed by atoms with Crippen LogP contribution in [0.5, 0.6) is 0 Å². The predicted octanol–water partition coefficient (Wildman–Crippen LogP) is 1.59. The van der Waals surface area contributed by atoms with Gasteiger partial charge in [0.1, 0.15) is 11.9 Å². The summed E-state index contributed by atoms with van der Waals surface area (Å²) in [6.07, 6.45) is 2.47. The van der Waals surface area contributed by atoms with Gasteiger partial charge in [-0.3, -0.25) is 4.79 Å². The number of hydrogen-bond acceptors (Lipinski definition) is 4. The van der Waals surface area contributed by atoms with Crippen molar-refractivity contribution in [1.82, 2.24) is 9.88 Å². The van der Waals surface area contributed by atoms with Gasteiger partial charge in [0.15, 0.2) is 0 Å². The van der Waals surface area contributed by atoms with E-state index in [1.807, 2.05) is 36.4 Å². The Labute approximate surface area is 129 Å². The average molecular weight is 297 g/mol. The molecule has 0 bridgehead atoms. The third-order valence-corrected chi connectivity index (χ3v) is 3.98. The fourth-order valence-electron chi connectivity index (χ4n) is 2.78. The van der Waals surface area contributed by atoms with Gasteiger partial charge in [0.25, 0.3) is 0 Å². The molecular weight excluding hydrogens is 278 g/mol. The van der Waals surface area contributed by atoms with Gasteiger partial charge in [0, 0.05) is 26.2 Å². The SMILES string of the molecule is CN(CCO)C(=O)[C@@H]1Nc2ncccc2Cc2ccccc21. The van der Waals surface area contributed by atoms with Gasteiger partial charge in [-0.05, 0) is 22.8 Å². The highest BCUT2D eigenvalue weighted by Gasteiger charge is 2.29. The Balaban J connectivity index is 2.03. The number of likely N-dealkylation sites (N-methyl/N-ethyl adjacent to an activating group) is 1. The number of nitrogens with one attached hydrogen (secondary N) is 1. The Hall–Kier alpha value is -2.40. The highest BCUT2D eigenvalue weighted by Crippen LogP contribution is 2.31. The van der Waals surface area contributed by atoms with E-state index < -0.39 is 6.04 Å². The lowest BCUT2D eigenvalue weighted by atomic mass is 9.97. The molecule has 114 valence electrons. The maximum atomic E-state index is 12.7. The first-order valence-electron chi connectivity index (χ1n) is 7.35. The molecule has 1 aromatic carbocycles. The minimum Gasteiger partial charge on any atom is -0.395 e. The molecule has 2 N–H and O–H groups in total. The van der Waals surface area contributed by atoms with Crippen LogP contribution >= 0.6 is 0 Å². The van der Waals surface area contributed by atoms with E-state index in [2.05, 4.69) is 10.3 Å². The number of fused-ring (bicyclic) bond motifs is 2. The Bertz CT molecular complexity index is 687. The molecule has 5 nitrogen and oxygen atoms in total. The molecule has 22 heavy (non-hydrogen) atoms. The summed E-state index contributed by atoms with van der Waals surface area (Å²) in [5.41, 5.74) is 3.17. The highest BCUT2D eigenvalue weighted by atomic mass is 16.3. The van der Waals surface area contributed by atoms with Crippen LogP contribution in [0, 0.1) is 0 Å². The molecule has 1 aliphatic heterocycles. The van der Waals surface area contributed by atoms with E-state index in [4.69, 9.17) is 5.11 Å². The molecule has 2 heterocycles. The fourth-order valence-corrected chi connectivity index (χ4v) is 2.78. The largest absolute Gasteiger partial charge is 0.395 e. The number of rotatable bonds is 3. The molecule has 1 atom stereocenters. The zero-order valence-corrected chi connectivity index (χ0v) is 12.5. The maximum Gasteiger partial charge on any atom is 0.249 e. The summed E-state index contributed by atoms with van der Waals surface area (Å²) in [7, 11) is 1.70. The number of pyridine rings is 1. The van der Waals surface area contributed by atoms with E-state index in [0.29, 0.717) is 6.54 Å². The summed E-state index contributed by atoms with van der Waals surface area (Å²) in [6.45, 7) is 0.264. The number of aromatic nitrogens is 1. The van der Waals surface area contributed by atoms with Crippen molar-refractivity contribution in [2.75, 3.05) is 25.5 Å². The van der Waals surface area contributed by atoms with Crippen LogP contribution < -0.4 is 5.32 Å². The molecule has 1 amide bonds. The number of carbonyl (C=O) groups excluding carboxylic acids is 1. The summed E-state index contributed by atoms with van der Waals surface area (Å²) < 4.78 is 0. The molecule has 1 aliphatic rings. The molecule has 0 saturated heterocycles. The summed E-state index contributed by atoms with van der Waals surface area (Å²) >= 11 is 0. The number of aliphatic hydroxyl groups is 1. The molecule has 5 heteroatoms. The lowest BCUT2D eigenvalue weighted by Gasteiger charge is -2.24. The Morgan fingerprint density at radius 3 is 2.91 bits per heavy atom. The first-order chi connectivity index (χ1) is 10.7. The number of hydrogen-bond donors (Lipinski definition) is 2. The van der Waals surface area contributed by atoms with E-state index in [1.54, 1.807) is 18.1 Å². The number of benzene rings is 1. The van der Waals surface area contributed by atoms with Crippen molar-refractivity contribution < 1.29 is 9.90 Å². The monoisotopic (exact) mass is 297 g/mol. The normalized spacial score (nSPS) is 16.0. The van der Waals surface area contributed by atoms with E-state index in [9.17, 15) is 4.79 Å². The van der Waals surface area contributed by atoms with E-state index in [1.165, 1.54) is 0 Å². The second kappa shape index (κ2) is 6.15. The van der Waals surface area contributed by atoms with Crippen LogP contribution in [0.25, 0.3) is 0 Å². The van der Waals surface area contributed by atoms with Gasteiger partial charge < -0.3 is 15.3 Å². The van der Waals surface area contributed by atoms with Crippen LogP contribution in [0.1, 0.15) is 22.7 Å². The summed E-state index contributed by atoms with van der Waals surface area (Å²) in [5, 5.41) is 12.3. The van der Waals surface area contributed by atoms with E-state index in [-0.39, 0.29) is 12.5 Å². The zero-order valence-electron chi connectivity index (χ0n) is 12.5. The van der Waals surface area contributed by atoms with Crippen LogP contribution in [-0.2, 0) is 11.2 Å². The van der Waals surface area contributed by atoms with E-state index >= 15 is 0 Å². The summed E-state index contributed by atoms with van der Waals surface area (Å²) in [5.74, 6) is 0.675. The molecule has 3 rings (SSSR count). The number of anilines is 1. The molecule has 0 unspecified atom stereocenters. The summed E-state index contributed by atoms with van der Waals surface area (Å²) in [6, 6.07) is 11.4. The average Bonchev–Trinajstić information content (AvgIpc) is 2.71. The van der Waals surface area contributed by atoms with Gasteiger partial charge in [0.05, 0.1) is 6.61 Å². The number of amides is 1. The zero-order chi connectivity index (χ0) is 15.5. The smallest absolute Gasteiger partial charge is 0.249 e. The van der Waals surface area contributed by atoms with Gasteiger partial charge in [-0.1, -0.05) is 30.3 Å². The van der Waals surface area contributed by atoms with Crippen molar-refractivity contribution >= 4 is 11.7 Å². The Morgan fingerprint density at radius 2 is 2.09 bits per heavy atom. The Kier molecular flexibility index (Phi) is 4.06. The molecule has 1 aromatic heterocycles. The van der Waals surface area contributed by atoms with Gasteiger partial charge in [-0.2, -0.15) is 0 Å². The van der Waals surface area contributed by atoms with Gasteiger partial charge in [-0.25, -0.2) is 4.98 Å². The summed E-state index contributed by atoms with van der Waals surface area (Å²) in [4.78, 5) is 18.7. The highest BCUT2D eigenvalue weighted by molar-refractivity contribution is 5.87. The van der Waals surface area contributed by atoms with Gasteiger partial charge in [0.2, 0.25) is 5.91 Å². The quantitative estimate of drug-likeness (QED) is 0.903. The van der Waals surface area contributed by atoms with Crippen molar-refractivity contribution in [2.45, 2.75) is 12.5 Å². The Morgan fingerprint density at radius 1 is 1.32 bits per heavy atom. The standard InChI is InChI=1S/C17H19N3O2/c1-20(9-10-21)17(22)15-14-7-3-2-5-12(14)11-13-6-4-8-18-16(13)19-15/h2-8,15,21H,9-11H2,1H3,(H,18,19)/t15-/m1/s1. The predicted molar refractivity (Wildman–Crippen MR) is 84.6 cm³/mol. The molecule has 0 aliphatic carbocycles. The van der Waals surface area contributed by atoms with E-state index in [0.717, 1.165) is 28.9 Å². The molecule has 2 aromatic rings. The van der Waals surface area contributed by atoms with Crippen molar-refractivity contribution in [3.8, 4) is 0 Å². The number of aliphatic hydroxyl groups excluding tert-OH is 1. The van der Waals surface area contributed by atoms with Crippen LogP contribution in [0.15, 0.2) is 42.6 Å². The molecular formula is C17H19N3O2. The first-order valence-corrected chi connectivity index (χ1v) is 7.35. The molecule has 0 fully saturated rings. The third-order valence-electron chi connectivity index (χ3n) is 3.98. The number of nitrogens with zero attached hydrogens (tertiary/aromatic N) is 2. The van der Waals surface area contributed by atoms with Crippen LogP contribution in [0.2, 0.25) is 0 Å². The van der Waals surface area contributed by atoms with Gasteiger partial charge in [-0.15, -0.1) is 0 Å². The second-order valence-corrected chi connectivity index (χ2v) is 5.45. The molecule has 0 radical (unpaired) electrons. The topological polar surface area (TPSA) is 65.5 Å². The minimum atomic E-state index is -0.483. The van der Waals surface area contributed by atoms with Crippen LogP contribution in [0.3, 0.4) is 0 Å². The second-order valence-electron chi connectivity index (χ2n) is 5.45. The number of carbonyl (C=O) groups is 1. The minimum absolute atomic E-state index is 0.0502. The van der Waals surface area contributed by atoms with Crippen molar-refractivity contribution in [3.63, 3.8) is 0 Å². The molecule has 0 spiro atoms. The molecule has 0 saturated carbocycles. The van der Waals surface area contributed by atoms with Crippen LogP contribution in [0.4, 0.5) is 5.82 Å². The van der Waals surface area contributed by atoms with Crippen molar-refractivity contribution in [3.05, 3.63) is 59.3 Å². The third kappa shape index (κ3) is 2.67. The lowest BCUT2D eigenvalue weighted by molar-refractivity contribution is -0.131. The van der Waals surface area contributed by atoms with Crippen molar-refractivity contribution in [1.29, 1.82) is 0 Å². The maximum absolute atomic E-state index is 12.7. The van der Waals surface area contributed by atoms with Gasteiger partial charge >= 0.3 is 0 Å². The van der Waals surface area contributed by atoms with Crippen LogP contribution in [-0.4, -0.2) is 41.1 Å². The lowest BCUT2D eigenvalue weighted by Crippen LogP contribution is -2.37. The first kappa shape index (κ1) is 14.5. The fraction of sp³-hybridized carbons (Fsp3) is 0.294. The van der Waals surface area contributed by atoms with Crippen molar-refractivity contribution in [2.24, 2.45) is 0 Å².